The number of nitrogens with zero attached hydrogens (tertiary/aromatic N) is 3. The van der Waals surface area contributed by atoms with Crippen LogP contribution < -0.4 is 5.32 Å². The number of benzene rings is 1. The SMILES string of the molecule is O=C(O)CCCc1nc(NCc2cccnc2)c2c(n1)[nH]c1ccccc12. The van der Waals surface area contributed by atoms with E-state index in [-0.39, 0.29) is 6.42 Å². The zero-order valence-corrected chi connectivity index (χ0v) is 14.6. The van der Waals surface area contributed by atoms with Gasteiger partial charge in [-0.1, -0.05) is 24.3 Å². The zero-order chi connectivity index (χ0) is 18.6. The van der Waals surface area contributed by atoms with Crippen molar-refractivity contribution in [3.63, 3.8) is 0 Å². The number of carboxylic acid groups (broad SMARTS) is 1. The summed E-state index contributed by atoms with van der Waals surface area (Å²) in [6.07, 6.45) is 4.68. The predicted molar refractivity (Wildman–Crippen MR) is 104 cm³/mol. The zero-order valence-electron chi connectivity index (χ0n) is 14.6. The highest BCUT2D eigenvalue weighted by atomic mass is 16.4. The van der Waals surface area contributed by atoms with E-state index >= 15 is 0 Å². The Balaban J connectivity index is 1.71. The first-order valence-corrected chi connectivity index (χ1v) is 8.82. The summed E-state index contributed by atoms with van der Waals surface area (Å²) in [4.78, 5) is 27.5. The Morgan fingerprint density at radius 1 is 1.15 bits per heavy atom. The lowest BCUT2D eigenvalue weighted by atomic mass is 10.2. The lowest BCUT2D eigenvalue weighted by Gasteiger charge is -2.09. The van der Waals surface area contributed by atoms with Crippen LogP contribution in [0.4, 0.5) is 5.82 Å². The molecule has 0 bridgehead atoms. The molecule has 3 aromatic heterocycles. The number of nitrogens with one attached hydrogen (secondary N) is 2. The summed E-state index contributed by atoms with van der Waals surface area (Å²) >= 11 is 0. The number of aliphatic carboxylic acids is 1. The standard InChI is InChI=1S/C20H19N5O2/c26-17(27)9-3-8-16-24-19(22-12-13-5-4-10-21-11-13)18-14-6-1-2-7-15(14)23-20(18)25-16/h1-2,4-7,10-11H,3,8-9,12H2,(H,26,27)(H2,22,23,24,25). The van der Waals surface area contributed by atoms with Crippen molar-refractivity contribution in [2.45, 2.75) is 25.8 Å². The van der Waals surface area contributed by atoms with Gasteiger partial charge in [0.1, 0.15) is 17.3 Å². The molecule has 4 aromatic rings. The van der Waals surface area contributed by atoms with Crippen molar-refractivity contribution >= 4 is 33.7 Å². The van der Waals surface area contributed by atoms with E-state index < -0.39 is 5.97 Å². The summed E-state index contributed by atoms with van der Waals surface area (Å²) in [5.41, 5.74) is 2.80. The van der Waals surface area contributed by atoms with Crippen LogP contribution in [0, 0.1) is 0 Å². The van der Waals surface area contributed by atoms with Crippen molar-refractivity contribution < 1.29 is 9.90 Å². The number of pyridine rings is 1. The predicted octanol–water partition coefficient (Wildman–Crippen LogP) is 3.53. The summed E-state index contributed by atoms with van der Waals surface area (Å²) in [5, 5.41) is 14.2. The van der Waals surface area contributed by atoms with Gasteiger partial charge in [-0.3, -0.25) is 9.78 Å². The Hall–Kier alpha value is -3.48. The third kappa shape index (κ3) is 3.72. The van der Waals surface area contributed by atoms with Crippen LogP contribution in [0.25, 0.3) is 21.9 Å². The molecule has 3 N–H and O–H groups in total. The van der Waals surface area contributed by atoms with Gasteiger partial charge in [0.25, 0.3) is 0 Å². The van der Waals surface area contributed by atoms with Crippen LogP contribution in [-0.2, 0) is 17.8 Å². The molecular weight excluding hydrogens is 342 g/mol. The fourth-order valence-electron chi connectivity index (χ4n) is 3.12. The lowest BCUT2D eigenvalue weighted by molar-refractivity contribution is -0.137. The van der Waals surface area contributed by atoms with Crippen molar-refractivity contribution in [2.24, 2.45) is 0 Å². The molecule has 0 aliphatic heterocycles. The van der Waals surface area contributed by atoms with Crippen LogP contribution in [0.5, 0.6) is 0 Å². The van der Waals surface area contributed by atoms with E-state index in [1.54, 1.807) is 6.20 Å². The summed E-state index contributed by atoms with van der Waals surface area (Å²) < 4.78 is 0. The van der Waals surface area contributed by atoms with Gasteiger partial charge in [0.15, 0.2) is 0 Å². The highest BCUT2D eigenvalue weighted by molar-refractivity contribution is 6.11. The molecule has 0 spiro atoms. The van der Waals surface area contributed by atoms with E-state index in [1.807, 2.05) is 42.6 Å². The molecule has 0 saturated carbocycles. The molecule has 136 valence electrons. The van der Waals surface area contributed by atoms with Crippen LogP contribution in [0.1, 0.15) is 24.2 Å². The van der Waals surface area contributed by atoms with Gasteiger partial charge in [-0.25, -0.2) is 9.97 Å². The number of aromatic amines is 1. The van der Waals surface area contributed by atoms with Gasteiger partial charge < -0.3 is 15.4 Å². The number of hydrogen-bond donors (Lipinski definition) is 3. The van der Waals surface area contributed by atoms with Crippen molar-refractivity contribution in [3.8, 4) is 0 Å². The van der Waals surface area contributed by atoms with Crippen LogP contribution in [0.2, 0.25) is 0 Å². The van der Waals surface area contributed by atoms with Crippen molar-refractivity contribution in [3.05, 3.63) is 60.2 Å². The van der Waals surface area contributed by atoms with E-state index in [0.29, 0.717) is 25.2 Å². The molecule has 7 heteroatoms. The Morgan fingerprint density at radius 2 is 2.04 bits per heavy atom. The number of rotatable bonds is 7. The first kappa shape index (κ1) is 17.0. The molecule has 0 aliphatic carbocycles. The van der Waals surface area contributed by atoms with Crippen LogP contribution in [0.3, 0.4) is 0 Å². The summed E-state index contributed by atoms with van der Waals surface area (Å²) in [5.74, 6) is 0.562. The van der Waals surface area contributed by atoms with E-state index in [9.17, 15) is 4.79 Å². The van der Waals surface area contributed by atoms with E-state index in [0.717, 1.165) is 33.3 Å². The van der Waals surface area contributed by atoms with Crippen LogP contribution in [-0.4, -0.2) is 31.0 Å². The first-order chi connectivity index (χ1) is 13.2. The molecule has 0 unspecified atom stereocenters. The van der Waals surface area contributed by atoms with Gasteiger partial charge in [0.2, 0.25) is 0 Å². The Kier molecular flexibility index (Phi) is 4.65. The summed E-state index contributed by atoms with van der Waals surface area (Å²) in [7, 11) is 0. The normalized spacial score (nSPS) is 11.1. The summed E-state index contributed by atoms with van der Waals surface area (Å²) in [6, 6.07) is 11.9. The van der Waals surface area contributed by atoms with Crippen LogP contribution >= 0.6 is 0 Å². The van der Waals surface area contributed by atoms with Gasteiger partial charge in [-0.05, 0) is 24.1 Å². The maximum Gasteiger partial charge on any atom is 0.303 e. The third-order valence-corrected chi connectivity index (χ3v) is 4.38. The fourth-order valence-corrected chi connectivity index (χ4v) is 3.12. The molecule has 0 atom stereocenters. The van der Waals surface area contributed by atoms with Gasteiger partial charge in [0, 0.05) is 42.7 Å². The quantitative estimate of drug-likeness (QED) is 0.465. The second-order valence-corrected chi connectivity index (χ2v) is 6.34. The van der Waals surface area contributed by atoms with E-state index in [1.165, 1.54) is 0 Å². The molecular formula is C20H19N5O2. The summed E-state index contributed by atoms with van der Waals surface area (Å²) in [6.45, 7) is 0.591. The largest absolute Gasteiger partial charge is 0.481 e. The second kappa shape index (κ2) is 7.41. The Labute approximate surface area is 155 Å². The molecule has 4 rings (SSSR count). The Morgan fingerprint density at radius 3 is 2.85 bits per heavy atom. The lowest BCUT2D eigenvalue weighted by Crippen LogP contribution is -2.06. The van der Waals surface area contributed by atoms with Gasteiger partial charge >= 0.3 is 5.97 Å². The number of para-hydroxylation sites is 1. The topological polar surface area (TPSA) is 104 Å². The molecule has 0 radical (unpaired) electrons. The molecule has 0 aliphatic rings. The number of carbonyl (C=O) groups is 1. The number of fused-ring (bicyclic) bond motifs is 3. The van der Waals surface area contributed by atoms with Gasteiger partial charge in [-0.2, -0.15) is 0 Å². The van der Waals surface area contributed by atoms with Crippen molar-refractivity contribution in [2.75, 3.05) is 5.32 Å². The molecule has 3 heterocycles. The number of H-pyrrole nitrogens is 1. The number of anilines is 1. The van der Waals surface area contributed by atoms with Crippen molar-refractivity contribution in [1.82, 2.24) is 19.9 Å². The average Bonchev–Trinajstić information content (AvgIpc) is 3.05. The van der Waals surface area contributed by atoms with Crippen LogP contribution in [0.15, 0.2) is 48.8 Å². The van der Waals surface area contributed by atoms with Crippen molar-refractivity contribution in [1.29, 1.82) is 0 Å². The number of carboxylic acids is 1. The molecule has 7 nitrogen and oxygen atoms in total. The maximum absolute atomic E-state index is 10.8. The highest BCUT2D eigenvalue weighted by Gasteiger charge is 2.14. The molecule has 0 saturated heterocycles. The minimum absolute atomic E-state index is 0.104. The smallest absolute Gasteiger partial charge is 0.303 e. The van der Waals surface area contributed by atoms with E-state index in [2.05, 4.69) is 25.3 Å². The minimum atomic E-state index is -0.809. The molecule has 27 heavy (non-hydrogen) atoms. The van der Waals surface area contributed by atoms with Gasteiger partial charge in [0.05, 0.1) is 5.39 Å². The number of aromatic nitrogens is 4. The second-order valence-electron chi connectivity index (χ2n) is 6.34. The minimum Gasteiger partial charge on any atom is -0.481 e. The monoisotopic (exact) mass is 361 g/mol. The first-order valence-electron chi connectivity index (χ1n) is 8.82. The fraction of sp³-hybridized carbons (Fsp3) is 0.200. The third-order valence-electron chi connectivity index (χ3n) is 4.38. The molecule has 0 fully saturated rings. The molecule has 0 amide bonds. The van der Waals surface area contributed by atoms with E-state index in [4.69, 9.17) is 5.11 Å². The average molecular weight is 361 g/mol. The number of hydrogen-bond acceptors (Lipinski definition) is 5. The Bertz CT molecular complexity index is 1090. The molecule has 1 aromatic carbocycles. The highest BCUT2D eigenvalue weighted by Crippen LogP contribution is 2.30. The number of aryl methyl sites for hydroxylation is 1. The maximum atomic E-state index is 10.8. The van der Waals surface area contributed by atoms with Gasteiger partial charge in [-0.15, -0.1) is 0 Å².